The van der Waals surface area contributed by atoms with Gasteiger partial charge in [-0.3, -0.25) is 0 Å². The van der Waals surface area contributed by atoms with E-state index in [1.165, 1.54) is 6.20 Å². The first-order valence-electron chi connectivity index (χ1n) is 7.39. The molecule has 0 amide bonds. The van der Waals surface area contributed by atoms with E-state index in [1.54, 1.807) is 4.90 Å². The number of fused-ring (bicyclic) bond motifs is 1. The van der Waals surface area contributed by atoms with E-state index in [2.05, 4.69) is 15.3 Å². The molecule has 4 rings (SSSR count). The van der Waals surface area contributed by atoms with Crippen molar-refractivity contribution in [2.24, 2.45) is 0 Å². The Morgan fingerprint density at radius 3 is 2.71 bits per heavy atom. The number of aromatic nitrogens is 2. The molecule has 0 aliphatic carbocycles. The van der Waals surface area contributed by atoms with E-state index in [1.807, 2.05) is 24.3 Å². The van der Waals surface area contributed by atoms with Gasteiger partial charge >= 0.3 is 6.18 Å². The van der Waals surface area contributed by atoms with Crippen LogP contribution in [0.2, 0.25) is 0 Å². The normalized spacial score (nSPS) is 15.5. The van der Waals surface area contributed by atoms with Crippen LogP contribution in [0.15, 0.2) is 47.0 Å². The molecule has 0 radical (unpaired) electrons. The molecule has 1 saturated heterocycles. The summed E-state index contributed by atoms with van der Waals surface area (Å²) >= 11 is 0. The average Bonchev–Trinajstić information content (AvgIpc) is 2.92. The molecule has 0 spiro atoms. The van der Waals surface area contributed by atoms with Crippen LogP contribution in [0.4, 0.5) is 25.0 Å². The first kappa shape index (κ1) is 14.8. The number of alkyl halides is 3. The van der Waals surface area contributed by atoms with Crippen molar-refractivity contribution in [1.29, 1.82) is 0 Å². The highest BCUT2D eigenvalue weighted by atomic mass is 19.4. The molecule has 1 fully saturated rings. The first-order valence-corrected chi connectivity index (χ1v) is 7.39. The van der Waals surface area contributed by atoms with Gasteiger partial charge in [-0.1, -0.05) is 12.1 Å². The third-order valence-electron chi connectivity index (χ3n) is 3.90. The first-order chi connectivity index (χ1) is 11.5. The summed E-state index contributed by atoms with van der Waals surface area (Å²) < 4.78 is 43.8. The van der Waals surface area contributed by atoms with E-state index >= 15 is 0 Å². The van der Waals surface area contributed by atoms with Crippen LogP contribution in [0, 0.1) is 0 Å². The topological polar surface area (TPSA) is 54.2 Å². The van der Waals surface area contributed by atoms with Gasteiger partial charge in [-0.15, -0.1) is 0 Å². The van der Waals surface area contributed by atoms with Crippen LogP contribution < -0.4 is 10.2 Å². The zero-order valence-corrected chi connectivity index (χ0v) is 12.4. The van der Waals surface area contributed by atoms with Gasteiger partial charge in [0.1, 0.15) is 11.3 Å². The molecule has 5 nitrogen and oxygen atoms in total. The highest BCUT2D eigenvalue weighted by Crippen LogP contribution is 2.32. The minimum atomic E-state index is -4.36. The van der Waals surface area contributed by atoms with E-state index in [-0.39, 0.29) is 6.04 Å². The lowest BCUT2D eigenvalue weighted by Crippen LogP contribution is -2.55. The second-order valence-corrected chi connectivity index (χ2v) is 5.63. The lowest BCUT2D eigenvalue weighted by Gasteiger charge is -2.40. The Labute approximate surface area is 135 Å². The van der Waals surface area contributed by atoms with Crippen molar-refractivity contribution in [3.8, 4) is 0 Å². The minimum absolute atomic E-state index is 0.0504. The predicted octanol–water partition coefficient (Wildman–Crippen LogP) is 3.54. The number of benzene rings is 1. The molecule has 24 heavy (non-hydrogen) atoms. The number of oxazole rings is 1. The summed E-state index contributed by atoms with van der Waals surface area (Å²) in [6.07, 6.45) is -3.18. The largest absolute Gasteiger partial charge is 0.424 e. The summed E-state index contributed by atoms with van der Waals surface area (Å²) in [7, 11) is 0. The van der Waals surface area contributed by atoms with Crippen LogP contribution in [-0.2, 0) is 6.18 Å². The Morgan fingerprint density at radius 1 is 1.17 bits per heavy atom. The Hall–Kier alpha value is -2.77. The zero-order valence-electron chi connectivity index (χ0n) is 12.4. The van der Waals surface area contributed by atoms with Crippen LogP contribution in [0.1, 0.15) is 5.56 Å². The number of anilines is 2. The summed E-state index contributed by atoms with van der Waals surface area (Å²) in [5.41, 5.74) is 0.759. The Bertz CT molecular complexity index is 838. The lowest BCUT2D eigenvalue weighted by molar-refractivity contribution is -0.137. The number of para-hydroxylation sites is 2. The lowest BCUT2D eigenvalue weighted by atomic mass is 10.1. The number of nitrogens with zero attached hydrogens (tertiary/aromatic N) is 3. The molecule has 3 heterocycles. The molecule has 3 aromatic rings. The fraction of sp³-hybridized carbons (Fsp3) is 0.250. The summed E-state index contributed by atoms with van der Waals surface area (Å²) in [5.74, 6) is 0.320. The summed E-state index contributed by atoms with van der Waals surface area (Å²) in [6, 6.07) is 9.91. The molecular formula is C16H13F3N4O. The highest BCUT2D eigenvalue weighted by Gasteiger charge is 2.33. The Kier molecular flexibility index (Phi) is 3.33. The Balaban J connectivity index is 1.41. The van der Waals surface area contributed by atoms with Gasteiger partial charge in [0.2, 0.25) is 0 Å². The smallest absolute Gasteiger partial charge is 0.416 e. The molecule has 8 heteroatoms. The van der Waals surface area contributed by atoms with E-state index in [0.29, 0.717) is 30.5 Å². The van der Waals surface area contributed by atoms with Gasteiger partial charge in [-0.2, -0.15) is 18.2 Å². The van der Waals surface area contributed by atoms with Crippen molar-refractivity contribution in [3.05, 3.63) is 48.2 Å². The average molecular weight is 334 g/mol. The monoisotopic (exact) mass is 334 g/mol. The van der Waals surface area contributed by atoms with E-state index in [0.717, 1.165) is 17.6 Å². The number of hydrogen-bond donors (Lipinski definition) is 1. The van der Waals surface area contributed by atoms with E-state index < -0.39 is 11.7 Å². The Morgan fingerprint density at radius 2 is 1.96 bits per heavy atom. The quantitative estimate of drug-likeness (QED) is 0.794. The summed E-state index contributed by atoms with van der Waals surface area (Å²) in [6.45, 7) is 1.07. The van der Waals surface area contributed by atoms with Crippen molar-refractivity contribution in [2.45, 2.75) is 12.2 Å². The molecular weight excluding hydrogens is 321 g/mol. The van der Waals surface area contributed by atoms with Crippen molar-refractivity contribution >= 4 is 22.9 Å². The standard InChI is InChI=1S/C16H13F3N4O/c17-16(18,19)10-5-6-20-14(7-10)23-8-11(9-23)21-15-22-12-3-1-2-4-13(12)24-15/h1-7,11H,8-9H2,(H,21,22). The van der Waals surface area contributed by atoms with Gasteiger partial charge in [0.25, 0.3) is 6.01 Å². The SMILES string of the molecule is FC(F)(F)c1ccnc(N2CC(Nc3nc4ccccc4o3)C2)c1. The molecule has 1 aromatic carbocycles. The molecule has 2 aromatic heterocycles. The van der Waals surface area contributed by atoms with E-state index in [9.17, 15) is 13.2 Å². The van der Waals surface area contributed by atoms with Crippen LogP contribution >= 0.6 is 0 Å². The minimum Gasteiger partial charge on any atom is -0.424 e. The number of nitrogens with one attached hydrogen (secondary N) is 1. The van der Waals surface area contributed by atoms with Crippen molar-refractivity contribution in [1.82, 2.24) is 9.97 Å². The molecule has 0 saturated carbocycles. The molecule has 124 valence electrons. The molecule has 0 unspecified atom stereocenters. The van der Waals surface area contributed by atoms with Crippen LogP contribution in [0.5, 0.6) is 0 Å². The fourth-order valence-corrected chi connectivity index (χ4v) is 2.63. The van der Waals surface area contributed by atoms with Gasteiger partial charge in [-0.05, 0) is 24.3 Å². The number of rotatable bonds is 3. The highest BCUT2D eigenvalue weighted by molar-refractivity contribution is 5.74. The van der Waals surface area contributed by atoms with Gasteiger partial charge in [-0.25, -0.2) is 4.98 Å². The zero-order chi connectivity index (χ0) is 16.7. The summed E-state index contributed by atoms with van der Waals surface area (Å²) in [5, 5.41) is 3.14. The predicted molar refractivity (Wildman–Crippen MR) is 82.9 cm³/mol. The molecule has 0 atom stereocenters. The van der Waals surface area contributed by atoms with Crippen molar-refractivity contribution in [3.63, 3.8) is 0 Å². The molecule has 0 bridgehead atoms. The number of pyridine rings is 1. The third-order valence-corrected chi connectivity index (χ3v) is 3.90. The molecule has 1 aliphatic heterocycles. The van der Waals surface area contributed by atoms with Crippen LogP contribution in [-0.4, -0.2) is 29.1 Å². The van der Waals surface area contributed by atoms with Crippen molar-refractivity contribution < 1.29 is 17.6 Å². The van der Waals surface area contributed by atoms with Crippen molar-refractivity contribution in [2.75, 3.05) is 23.3 Å². The van der Waals surface area contributed by atoms with Crippen LogP contribution in [0.25, 0.3) is 11.1 Å². The molecule has 1 aliphatic rings. The van der Waals surface area contributed by atoms with Gasteiger partial charge in [0, 0.05) is 19.3 Å². The fourth-order valence-electron chi connectivity index (χ4n) is 2.63. The maximum absolute atomic E-state index is 12.7. The summed E-state index contributed by atoms with van der Waals surface area (Å²) in [4.78, 5) is 10.1. The van der Waals surface area contributed by atoms with Crippen LogP contribution in [0.3, 0.4) is 0 Å². The molecule has 1 N–H and O–H groups in total. The third kappa shape index (κ3) is 2.75. The van der Waals surface area contributed by atoms with Gasteiger partial charge in [0.05, 0.1) is 11.6 Å². The second-order valence-electron chi connectivity index (χ2n) is 5.63. The number of hydrogen-bond acceptors (Lipinski definition) is 5. The van der Waals surface area contributed by atoms with Gasteiger partial charge in [0.15, 0.2) is 5.58 Å². The van der Waals surface area contributed by atoms with E-state index in [4.69, 9.17) is 4.42 Å². The second kappa shape index (κ2) is 5.40. The van der Waals surface area contributed by atoms with Gasteiger partial charge < -0.3 is 14.6 Å². The maximum atomic E-state index is 12.7. The number of halogens is 3. The maximum Gasteiger partial charge on any atom is 0.416 e.